The predicted octanol–water partition coefficient (Wildman–Crippen LogP) is 4.90. The van der Waals surface area contributed by atoms with Gasteiger partial charge in [0, 0.05) is 31.0 Å². The Morgan fingerprint density at radius 2 is 1.85 bits per heavy atom. The van der Waals surface area contributed by atoms with Crippen molar-refractivity contribution in [1.82, 2.24) is 25.1 Å². The van der Waals surface area contributed by atoms with Gasteiger partial charge in [0.15, 0.2) is 10.8 Å². The summed E-state index contributed by atoms with van der Waals surface area (Å²) in [4.78, 5) is 25.0. The Morgan fingerprint density at radius 3 is 2.71 bits per heavy atom. The third-order valence-corrected chi connectivity index (χ3v) is 7.24. The number of nitrogens with zero attached hydrogens (tertiary/aromatic N) is 5. The van der Waals surface area contributed by atoms with Gasteiger partial charge in [0.25, 0.3) is 5.91 Å². The van der Waals surface area contributed by atoms with Crippen molar-refractivity contribution in [3.8, 4) is 0 Å². The quantitative estimate of drug-likeness (QED) is 0.289. The van der Waals surface area contributed by atoms with Crippen molar-refractivity contribution in [2.45, 2.75) is 44.3 Å². The van der Waals surface area contributed by atoms with Crippen molar-refractivity contribution in [2.75, 3.05) is 30.3 Å². The molecule has 1 amide bonds. The zero-order chi connectivity index (χ0) is 23.3. The normalized spacial score (nSPS) is 14.1. The lowest BCUT2D eigenvalue weighted by atomic mass is 10.0. The van der Waals surface area contributed by atoms with Crippen molar-refractivity contribution in [2.24, 2.45) is 0 Å². The van der Waals surface area contributed by atoms with E-state index in [1.54, 1.807) is 11.8 Å². The van der Waals surface area contributed by atoms with E-state index in [1.165, 1.54) is 19.3 Å². The smallest absolute Gasteiger partial charge is 0.251 e. The third-order valence-electron chi connectivity index (χ3n) is 6.19. The molecule has 1 saturated heterocycles. The molecule has 0 atom stereocenters. The summed E-state index contributed by atoms with van der Waals surface area (Å²) < 4.78 is 1.89. The van der Waals surface area contributed by atoms with E-state index in [9.17, 15) is 4.79 Å². The van der Waals surface area contributed by atoms with Crippen LogP contribution < -0.4 is 10.2 Å². The molecule has 0 radical (unpaired) electrons. The number of nitrogens with one attached hydrogen (secondary N) is 1. The van der Waals surface area contributed by atoms with E-state index in [2.05, 4.69) is 22.2 Å². The highest BCUT2D eigenvalue weighted by Crippen LogP contribution is 2.29. The lowest BCUT2D eigenvalue weighted by Crippen LogP contribution is -2.30. The number of hydrogen-bond acceptors (Lipinski definition) is 6. The number of hydrogen-bond donors (Lipinski definition) is 1. The highest BCUT2D eigenvalue weighted by molar-refractivity contribution is 7.99. The number of benzene rings is 2. The van der Waals surface area contributed by atoms with Crippen LogP contribution in [0.25, 0.3) is 21.8 Å². The lowest BCUT2D eigenvalue weighted by Gasteiger charge is -2.28. The van der Waals surface area contributed by atoms with Crippen LogP contribution in [-0.4, -0.2) is 51.0 Å². The first kappa shape index (κ1) is 22.7. The predicted molar refractivity (Wildman–Crippen MR) is 139 cm³/mol. The van der Waals surface area contributed by atoms with Crippen molar-refractivity contribution >= 4 is 45.3 Å². The van der Waals surface area contributed by atoms with Crippen molar-refractivity contribution in [3.05, 3.63) is 54.2 Å². The fourth-order valence-corrected chi connectivity index (χ4v) is 5.17. The van der Waals surface area contributed by atoms with Crippen LogP contribution in [0.1, 0.15) is 43.0 Å². The topological polar surface area (TPSA) is 75.9 Å². The van der Waals surface area contributed by atoms with Gasteiger partial charge >= 0.3 is 0 Å². The van der Waals surface area contributed by atoms with Gasteiger partial charge in [-0.1, -0.05) is 55.1 Å². The zero-order valence-electron chi connectivity index (χ0n) is 19.5. The molecule has 2 aromatic heterocycles. The van der Waals surface area contributed by atoms with Gasteiger partial charge < -0.3 is 10.2 Å². The number of carbonyl (C=O) groups is 1. The lowest BCUT2D eigenvalue weighted by molar-refractivity contribution is 0.0953. The molecule has 34 heavy (non-hydrogen) atoms. The molecule has 4 aromatic rings. The number of anilines is 1. The molecule has 1 aliphatic heterocycles. The SMILES string of the molecule is CCCSc1nc(N2CCCCC2)c2cnn(CCNC(=O)c3cccc4ccccc34)c2n1. The van der Waals surface area contributed by atoms with Gasteiger partial charge in [-0.05, 0) is 42.5 Å². The van der Waals surface area contributed by atoms with Gasteiger partial charge in [-0.3, -0.25) is 4.79 Å². The minimum absolute atomic E-state index is 0.0731. The maximum atomic E-state index is 12.9. The summed E-state index contributed by atoms with van der Waals surface area (Å²) >= 11 is 1.69. The van der Waals surface area contributed by atoms with E-state index >= 15 is 0 Å². The van der Waals surface area contributed by atoms with E-state index in [0.29, 0.717) is 18.7 Å². The molecule has 0 aliphatic carbocycles. The van der Waals surface area contributed by atoms with Gasteiger partial charge in [0.1, 0.15) is 5.82 Å². The first-order valence-corrected chi connectivity index (χ1v) is 13.1. The fraction of sp³-hybridized carbons (Fsp3) is 0.385. The number of aromatic nitrogens is 4. The fourth-order valence-electron chi connectivity index (χ4n) is 4.48. The van der Waals surface area contributed by atoms with Gasteiger partial charge in [-0.25, -0.2) is 14.6 Å². The van der Waals surface area contributed by atoms with E-state index in [1.807, 2.05) is 53.3 Å². The van der Waals surface area contributed by atoms with Crippen molar-refractivity contribution in [1.29, 1.82) is 0 Å². The summed E-state index contributed by atoms with van der Waals surface area (Å²) in [6.07, 6.45) is 6.61. The minimum atomic E-state index is -0.0731. The van der Waals surface area contributed by atoms with Crippen LogP contribution in [0.2, 0.25) is 0 Å². The molecular formula is C26H30N6OS. The standard InChI is InChI=1S/C26H30N6OS/c1-2-17-34-26-29-23(31-14-6-3-7-15-31)22-18-28-32(24(22)30-26)16-13-27-25(33)21-12-8-10-19-9-4-5-11-20(19)21/h4-5,8-12,18H,2-3,6-7,13-17H2,1H3,(H,27,33). The number of rotatable bonds is 8. The van der Waals surface area contributed by atoms with Gasteiger partial charge in [-0.2, -0.15) is 5.10 Å². The Bertz CT molecular complexity index is 1290. The van der Waals surface area contributed by atoms with Crippen LogP contribution in [0.4, 0.5) is 5.82 Å². The average molecular weight is 475 g/mol. The molecule has 7 nitrogen and oxygen atoms in total. The van der Waals surface area contributed by atoms with Crippen LogP contribution in [-0.2, 0) is 6.54 Å². The minimum Gasteiger partial charge on any atom is -0.356 e. The Hall–Kier alpha value is -3.13. The number of amides is 1. The van der Waals surface area contributed by atoms with Crippen molar-refractivity contribution in [3.63, 3.8) is 0 Å². The number of thioether (sulfide) groups is 1. The molecule has 176 valence electrons. The summed E-state index contributed by atoms with van der Waals surface area (Å²) in [5, 5.41) is 11.5. The molecule has 1 N–H and O–H groups in total. The molecule has 1 fully saturated rings. The number of piperidine rings is 1. The molecule has 0 saturated carbocycles. The summed E-state index contributed by atoms with van der Waals surface area (Å²) in [5.41, 5.74) is 1.53. The maximum absolute atomic E-state index is 12.9. The molecule has 0 bridgehead atoms. The highest BCUT2D eigenvalue weighted by Gasteiger charge is 2.20. The number of fused-ring (bicyclic) bond motifs is 2. The summed E-state index contributed by atoms with van der Waals surface area (Å²) in [5.74, 6) is 1.91. The first-order chi connectivity index (χ1) is 16.7. The monoisotopic (exact) mass is 474 g/mol. The summed E-state index contributed by atoms with van der Waals surface area (Å²) in [6.45, 7) is 5.24. The molecule has 8 heteroatoms. The second-order valence-corrected chi connectivity index (χ2v) is 9.68. The average Bonchev–Trinajstić information content (AvgIpc) is 3.30. The Kier molecular flexibility index (Phi) is 6.94. The molecule has 3 heterocycles. The summed E-state index contributed by atoms with van der Waals surface area (Å²) in [7, 11) is 0. The van der Waals surface area contributed by atoms with Gasteiger partial charge in [0.05, 0.1) is 18.1 Å². The van der Waals surface area contributed by atoms with E-state index < -0.39 is 0 Å². The van der Waals surface area contributed by atoms with Gasteiger partial charge in [0.2, 0.25) is 0 Å². The van der Waals surface area contributed by atoms with Crippen molar-refractivity contribution < 1.29 is 4.79 Å². The van der Waals surface area contributed by atoms with Crippen LogP contribution in [0.3, 0.4) is 0 Å². The summed E-state index contributed by atoms with van der Waals surface area (Å²) in [6, 6.07) is 13.8. The molecule has 0 unspecified atom stereocenters. The number of carbonyl (C=O) groups excluding carboxylic acids is 1. The largest absolute Gasteiger partial charge is 0.356 e. The van der Waals surface area contributed by atoms with E-state index in [4.69, 9.17) is 9.97 Å². The second kappa shape index (κ2) is 10.4. The molecular weight excluding hydrogens is 444 g/mol. The molecule has 2 aromatic carbocycles. The van der Waals surface area contributed by atoms with Crippen LogP contribution in [0.15, 0.2) is 53.8 Å². The van der Waals surface area contributed by atoms with Crippen LogP contribution >= 0.6 is 11.8 Å². The van der Waals surface area contributed by atoms with Crippen LogP contribution in [0.5, 0.6) is 0 Å². The van der Waals surface area contributed by atoms with Crippen LogP contribution in [0, 0.1) is 0 Å². The van der Waals surface area contributed by atoms with E-state index in [0.717, 1.165) is 58.0 Å². The molecule has 5 rings (SSSR count). The molecule has 1 aliphatic rings. The maximum Gasteiger partial charge on any atom is 0.251 e. The Balaban J connectivity index is 1.35. The third kappa shape index (κ3) is 4.73. The second-order valence-electron chi connectivity index (χ2n) is 8.61. The highest BCUT2D eigenvalue weighted by atomic mass is 32.2. The first-order valence-electron chi connectivity index (χ1n) is 12.1. The Labute approximate surface area is 204 Å². The van der Waals surface area contributed by atoms with Gasteiger partial charge in [-0.15, -0.1) is 0 Å². The zero-order valence-corrected chi connectivity index (χ0v) is 20.4. The Morgan fingerprint density at radius 1 is 1.03 bits per heavy atom. The van der Waals surface area contributed by atoms with E-state index in [-0.39, 0.29) is 5.91 Å². The molecule has 0 spiro atoms.